The van der Waals surface area contributed by atoms with E-state index in [0.29, 0.717) is 11.6 Å². The molecular weight excluding hydrogens is 284 g/mol. The van der Waals surface area contributed by atoms with Crippen LogP contribution in [0, 0.1) is 0 Å². The zero-order valence-corrected chi connectivity index (χ0v) is 12.5. The number of hydrogen-bond acceptors (Lipinski definition) is 2. The van der Waals surface area contributed by atoms with Crippen LogP contribution in [-0.4, -0.2) is 16.0 Å². The Morgan fingerprint density at radius 1 is 1.19 bits per heavy atom. The average Bonchev–Trinajstić information content (AvgIpc) is 2.88. The fourth-order valence-electron chi connectivity index (χ4n) is 2.03. The first-order valence-electron chi connectivity index (χ1n) is 6.64. The van der Waals surface area contributed by atoms with Gasteiger partial charge in [-0.25, -0.2) is 4.98 Å². The van der Waals surface area contributed by atoms with Gasteiger partial charge in [0.1, 0.15) is 18.0 Å². The van der Waals surface area contributed by atoms with Crippen LogP contribution in [0.2, 0.25) is 5.02 Å². The maximum Gasteiger partial charge on any atom is 0.137 e. The van der Waals surface area contributed by atoms with Gasteiger partial charge >= 0.3 is 0 Å². The molecule has 3 aromatic rings. The summed E-state index contributed by atoms with van der Waals surface area (Å²) in [6.07, 6.45) is 3.81. The van der Waals surface area contributed by atoms with Crippen molar-refractivity contribution >= 4 is 17.2 Å². The molecule has 0 amide bonds. The van der Waals surface area contributed by atoms with Gasteiger partial charge in [-0.3, -0.25) is 0 Å². The summed E-state index contributed by atoms with van der Waals surface area (Å²) in [5.41, 5.74) is 3.81. The molecule has 21 heavy (non-hydrogen) atoms. The SMILES string of the molecule is C=C(C)COc1ccc(-c2cn3cc(Cl)ccc3n2)cc1. The van der Waals surface area contributed by atoms with Crippen molar-refractivity contribution in [2.75, 3.05) is 6.61 Å². The van der Waals surface area contributed by atoms with E-state index in [9.17, 15) is 0 Å². The van der Waals surface area contributed by atoms with Gasteiger partial charge in [0.15, 0.2) is 0 Å². The van der Waals surface area contributed by atoms with Crippen LogP contribution in [-0.2, 0) is 0 Å². The molecule has 0 atom stereocenters. The highest BCUT2D eigenvalue weighted by molar-refractivity contribution is 6.30. The van der Waals surface area contributed by atoms with Gasteiger partial charge in [0.05, 0.1) is 10.7 Å². The molecule has 0 unspecified atom stereocenters. The van der Waals surface area contributed by atoms with E-state index in [-0.39, 0.29) is 0 Å². The van der Waals surface area contributed by atoms with Crippen molar-refractivity contribution in [3.05, 3.63) is 66.0 Å². The number of aromatic nitrogens is 2. The molecule has 106 valence electrons. The number of halogens is 1. The lowest BCUT2D eigenvalue weighted by atomic mass is 10.1. The van der Waals surface area contributed by atoms with Crippen molar-refractivity contribution in [3.63, 3.8) is 0 Å². The van der Waals surface area contributed by atoms with Crippen molar-refractivity contribution in [2.45, 2.75) is 6.92 Å². The van der Waals surface area contributed by atoms with Crippen LogP contribution in [0.3, 0.4) is 0 Å². The Morgan fingerprint density at radius 2 is 1.95 bits per heavy atom. The van der Waals surface area contributed by atoms with Crippen LogP contribution in [0.15, 0.2) is 60.9 Å². The Kier molecular flexibility index (Phi) is 3.67. The number of ether oxygens (including phenoxy) is 1. The summed E-state index contributed by atoms with van der Waals surface area (Å²) in [7, 11) is 0. The molecule has 0 saturated carbocycles. The Hall–Kier alpha value is -2.26. The largest absolute Gasteiger partial charge is 0.489 e. The summed E-state index contributed by atoms with van der Waals surface area (Å²) in [5, 5.41) is 0.690. The summed E-state index contributed by atoms with van der Waals surface area (Å²) >= 11 is 5.98. The van der Waals surface area contributed by atoms with E-state index in [4.69, 9.17) is 16.3 Å². The zero-order chi connectivity index (χ0) is 14.8. The maximum absolute atomic E-state index is 5.98. The molecule has 0 aliphatic rings. The van der Waals surface area contributed by atoms with Crippen molar-refractivity contribution in [1.29, 1.82) is 0 Å². The first-order valence-corrected chi connectivity index (χ1v) is 7.01. The topological polar surface area (TPSA) is 26.5 Å². The molecular formula is C17H15ClN2O. The lowest BCUT2D eigenvalue weighted by Gasteiger charge is -2.05. The van der Waals surface area contributed by atoms with E-state index >= 15 is 0 Å². The molecule has 3 nitrogen and oxygen atoms in total. The minimum absolute atomic E-state index is 0.534. The van der Waals surface area contributed by atoms with Crippen molar-refractivity contribution in [3.8, 4) is 17.0 Å². The minimum atomic E-state index is 0.534. The molecule has 0 spiro atoms. The van der Waals surface area contributed by atoms with Gasteiger partial charge < -0.3 is 9.14 Å². The fraction of sp³-hybridized carbons (Fsp3) is 0.118. The predicted octanol–water partition coefficient (Wildman–Crippen LogP) is 4.61. The second-order valence-corrected chi connectivity index (χ2v) is 5.45. The van der Waals surface area contributed by atoms with E-state index in [1.807, 2.05) is 60.1 Å². The third-order valence-electron chi connectivity index (χ3n) is 3.05. The van der Waals surface area contributed by atoms with Crippen LogP contribution in [0.1, 0.15) is 6.92 Å². The summed E-state index contributed by atoms with van der Waals surface area (Å²) in [6.45, 7) is 6.29. The van der Waals surface area contributed by atoms with Gasteiger partial charge in [0, 0.05) is 18.0 Å². The van der Waals surface area contributed by atoms with Crippen molar-refractivity contribution in [2.24, 2.45) is 0 Å². The lowest BCUT2D eigenvalue weighted by Crippen LogP contribution is -1.97. The number of hydrogen-bond donors (Lipinski definition) is 0. The molecule has 4 heteroatoms. The Morgan fingerprint density at radius 3 is 2.67 bits per heavy atom. The first kappa shape index (κ1) is 13.7. The summed E-state index contributed by atoms with van der Waals surface area (Å²) < 4.78 is 7.51. The number of pyridine rings is 1. The predicted molar refractivity (Wildman–Crippen MR) is 85.9 cm³/mol. The lowest BCUT2D eigenvalue weighted by molar-refractivity contribution is 0.353. The zero-order valence-electron chi connectivity index (χ0n) is 11.7. The van der Waals surface area contributed by atoms with Crippen LogP contribution >= 0.6 is 11.6 Å². The molecule has 3 rings (SSSR count). The molecule has 0 fully saturated rings. The van der Waals surface area contributed by atoms with Gasteiger partial charge in [-0.05, 0) is 48.9 Å². The average molecular weight is 299 g/mol. The quantitative estimate of drug-likeness (QED) is 0.658. The number of benzene rings is 1. The summed E-state index contributed by atoms with van der Waals surface area (Å²) in [6, 6.07) is 11.6. The number of imidazole rings is 1. The molecule has 0 bridgehead atoms. The van der Waals surface area contributed by atoms with Crippen LogP contribution in [0.25, 0.3) is 16.9 Å². The highest BCUT2D eigenvalue weighted by Gasteiger charge is 2.05. The van der Waals surface area contributed by atoms with E-state index in [1.165, 1.54) is 0 Å². The standard InChI is InChI=1S/C17H15ClN2O/c1-12(2)11-21-15-6-3-13(4-7-15)16-10-20-9-14(18)5-8-17(20)19-16/h3-10H,1,11H2,2H3. The smallest absolute Gasteiger partial charge is 0.137 e. The second-order valence-electron chi connectivity index (χ2n) is 5.01. The molecule has 2 aromatic heterocycles. The Balaban J connectivity index is 1.86. The van der Waals surface area contributed by atoms with E-state index in [0.717, 1.165) is 28.2 Å². The fourth-order valence-corrected chi connectivity index (χ4v) is 2.20. The minimum Gasteiger partial charge on any atom is -0.489 e. The Labute approximate surface area is 128 Å². The summed E-state index contributed by atoms with van der Waals surface area (Å²) in [5.74, 6) is 0.827. The third kappa shape index (κ3) is 3.09. The van der Waals surface area contributed by atoms with Crippen molar-refractivity contribution < 1.29 is 4.74 Å². The number of fused-ring (bicyclic) bond motifs is 1. The maximum atomic E-state index is 5.98. The van der Waals surface area contributed by atoms with E-state index in [1.54, 1.807) is 0 Å². The van der Waals surface area contributed by atoms with Crippen LogP contribution < -0.4 is 4.74 Å². The van der Waals surface area contributed by atoms with Gasteiger partial charge in [-0.15, -0.1) is 0 Å². The highest BCUT2D eigenvalue weighted by Crippen LogP contribution is 2.23. The Bertz CT molecular complexity index is 790. The van der Waals surface area contributed by atoms with Crippen LogP contribution in [0.5, 0.6) is 5.75 Å². The van der Waals surface area contributed by atoms with Gasteiger partial charge in [0.2, 0.25) is 0 Å². The molecule has 0 N–H and O–H groups in total. The third-order valence-corrected chi connectivity index (χ3v) is 3.27. The molecule has 0 saturated heterocycles. The van der Waals surface area contributed by atoms with Crippen LogP contribution in [0.4, 0.5) is 0 Å². The molecule has 0 aliphatic heterocycles. The summed E-state index contributed by atoms with van der Waals surface area (Å²) in [4.78, 5) is 4.58. The van der Waals surface area contributed by atoms with Gasteiger partial charge in [-0.1, -0.05) is 18.2 Å². The van der Waals surface area contributed by atoms with Crippen molar-refractivity contribution in [1.82, 2.24) is 9.38 Å². The molecule has 1 aromatic carbocycles. The molecule has 0 radical (unpaired) electrons. The first-order chi connectivity index (χ1) is 10.1. The normalized spacial score (nSPS) is 10.8. The second kappa shape index (κ2) is 5.62. The molecule has 0 aliphatic carbocycles. The highest BCUT2D eigenvalue weighted by atomic mass is 35.5. The van der Waals surface area contributed by atoms with Gasteiger partial charge in [-0.2, -0.15) is 0 Å². The van der Waals surface area contributed by atoms with Gasteiger partial charge in [0.25, 0.3) is 0 Å². The number of nitrogens with zero attached hydrogens (tertiary/aromatic N) is 2. The number of rotatable bonds is 4. The van der Waals surface area contributed by atoms with E-state index in [2.05, 4.69) is 11.6 Å². The van der Waals surface area contributed by atoms with E-state index < -0.39 is 0 Å². The molecule has 2 heterocycles. The monoisotopic (exact) mass is 298 g/mol.